The molecule has 0 saturated heterocycles. The molecule has 3 nitrogen and oxygen atoms in total. The number of hydrogen-bond donors (Lipinski definition) is 2. The molecule has 6 unspecified atom stereocenters. The minimum atomic E-state index is -0.565. The lowest BCUT2D eigenvalue weighted by atomic mass is 9.36. The summed E-state index contributed by atoms with van der Waals surface area (Å²) in [5, 5.41) is 21.2. The third kappa shape index (κ3) is 3.65. The quantitative estimate of drug-likeness (QED) is 0.407. The van der Waals surface area contributed by atoms with E-state index in [0.29, 0.717) is 11.8 Å². The Morgan fingerprint density at radius 2 is 1.50 bits per heavy atom. The van der Waals surface area contributed by atoms with Gasteiger partial charge in [0.05, 0.1) is 11.5 Å². The van der Waals surface area contributed by atoms with Crippen LogP contribution in [-0.4, -0.2) is 22.3 Å². The van der Waals surface area contributed by atoms with Crippen LogP contribution in [-0.2, 0) is 4.79 Å². The summed E-state index contributed by atoms with van der Waals surface area (Å²) in [4.78, 5) is 12.6. The van der Waals surface area contributed by atoms with Crippen LogP contribution in [0, 0.1) is 44.3 Å². The molecule has 3 saturated carbocycles. The van der Waals surface area contributed by atoms with Gasteiger partial charge in [-0.05, 0) is 116 Å². The fourth-order valence-corrected chi connectivity index (χ4v) is 9.65. The van der Waals surface area contributed by atoms with Crippen LogP contribution in [0.5, 0.6) is 0 Å². The monoisotopic (exact) mass is 472 g/mol. The van der Waals surface area contributed by atoms with Crippen LogP contribution < -0.4 is 0 Å². The first-order valence-corrected chi connectivity index (χ1v) is 14.1. The van der Waals surface area contributed by atoms with Crippen molar-refractivity contribution in [2.45, 2.75) is 132 Å². The van der Waals surface area contributed by atoms with Crippen LogP contribution in [0.3, 0.4) is 0 Å². The van der Waals surface area contributed by atoms with Crippen LogP contribution in [0.1, 0.15) is 126 Å². The van der Waals surface area contributed by atoms with Crippen molar-refractivity contribution in [3.8, 4) is 0 Å². The standard InChI is InChI=1S/C31H52O3/c1-21-9-10-23-28(6)13-12-24(32)27(4,5)22(28)11-14-30(23,8)29(21,7)17-20-31(25(33)34)18-15-26(2,3)16-19-31/h9,22-24,32H,10-20H2,1-8H3,(H,33,34). The van der Waals surface area contributed by atoms with E-state index in [-0.39, 0.29) is 33.2 Å². The van der Waals surface area contributed by atoms with E-state index in [4.69, 9.17) is 0 Å². The average molecular weight is 473 g/mol. The van der Waals surface area contributed by atoms with Gasteiger partial charge in [-0.2, -0.15) is 0 Å². The molecular formula is C31H52O3. The normalized spacial score (nSPS) is 45.0. The summed E-state index contributed by atoms with van der Waals surface area (Å²) in [6.07, 6.45) is 13.3. The molecule has 0 amide bonds. The summed E-state index contributed by atoms with van der Waals surface area (Å²) in [5.41, 5.74) is 1.59. The molecule has 0 aromatic carbocycles. The molecule has 0 aliphatic heterocycles. The van der Waals surface area contributed by atoms with Crippen molar-refractivity contribution in [1.29, 1.82) is 0 Å². The lowest BCUT2D eigenvalue weighted by Crippen LogP contribution is -2.62. The molecule has 2 N–H and O–H groups in total. The zero-order valence-corrected chi connectivity index (χ0v) is 23.4. The first-order chi connectivity index (χ1) is 15.5. The Morgan fingerprint density at radius 3 is 2.09 bits per heavy atom. The first-order valence-electron chi connectivity index (χ1n) is 14.1. The van der Waals surface area contributed by atoms with Crippen LogP contribution >= 0.6 is 0 Å². The third-order valence-corrected chi connectivity index (χ3v) is 12.9. The number of aliphatic carboxylic acids is 1. The number of aliphatic hydroxyl groups is 1. The largest absolute Gasteiger partial charge is 0.481 e. The predicted molar refractivity (Wildman–Crippen MR) is 139 cm³/mol. The smallest absolute Gasteiger partial charge is 0.309 e. The van der Waals surface area contributed by atoms with Gasteiger partial charge in [-0.25, -0.2) is 0 Å². The zero-order chi connectivity index (χ0) is 25.4. The van der Waals surface area contributed by atoms with Crippen LogP contribution in [0.2, 0.25) is 0 Å². The highest BCUT2D eigenvalue weighted by Crippen LogP contribution is 2.72. The Labute approximate surface area is 209 Å². The van der Waals surface area contributed by atoms with Crippen LogP contribution in [0.4, 0.5) is 0 Å². The van der Waals surface area contributed by atoms with Gasteiger partial charge in [0.25, 0.3) is 0 Å². The number of hydrogen-bond acceptors (Lipinski definition) is 2. The Morgan fingerprint density at radius 1 is 0.882 bits per heavy atom. The maximum absolute atomic E-state index is 12.6. The lowest BCUT2D eigenvalue weighted by Gasteiger charge is -2.68. The molecule has 4 aliphatic carbocycles. The topological polar surface area (TPSA) is 57.5 Å². The first kappa shape index (κ1) is 26.2. The maximum Gasteiger partial charge on any atom is 0.309 e. The molecule has 4 rings (SSSR count). The van der Waals surface area contributed by atoms with Gasteiger partial charge in [0, 0.05) is 0 Å². The van der Waals surface area contributed by atoms with Gasteiger partial charge in [0.1, 0.15) is 0 Å². The van der Waals surface area contributed by atoms with E-state index in [1.54, 1.807) is 0 Å². The van der Waals surface area contributed by atoms with E-state index < -0.39 is 11.4 Å². The minimum absolute atomic E-state index is 0.0273. The molecule has 34 heavy (non-hydrogen) atoms. The molecule has 4 aliphatic rings. The molecule has 0 aromatic heterocycles. The Balaban J connectivity index is 1.65. The Hall–Kier alpha value is -0.830. The summed E-state index contributed by atoms with van der Waals surface area (Å²) in [6.45, 7) is 19.1. The van der Waals surface area contributed by atoms with Crippen LogP contribution in [0.15, 0.2) is 11.6 Å². The fraction of sp³-hybridized carbons (Fsp3) is 0.903. The minimum Gasteiger partial charge on any atom is -0.481 e. The second kappa shape index (κ2) is 8.09. The number of carboxylic acids is 1. The Bertz CT molecular complexity index is 843. The second-order valence-corrected chi connectivity index (χ2v) is 15.1. The van der Waals surface area contributed by atoms with Crippen molar-refractivity contribution in [1.82, 2.24) is 0 Å². The van der Waals surface area contributed by atoms with Gasteiger partial charge in [-0.1, -0.05) is 60.1 Å². The van der Waals surface area contributed by atoms with Gasteiger partial charge in [0.2, 0.25) is 0 Å². The van der Waals surface area contributed by atoms with Crippen molar-refractivity contribution in [2.24, 2.45) is 44.3 Å². The zero-order valence-electron chi connectivity index (χ0n) is 23.4. The van der Waals surface area contributed by atoms with E-state index in [2.05, 4.69) is 61.5 Å². The van der Waals surface area contributed by atoms with Crippen molar-refractivity contribution in [2.75, 3.05) is 0 Å². The van der Waals surface area contributed by atoms with Crippen LogP contribution in [0.25, 0.3) is 0 Å². The maximum atomic E-state index is 12.6. The second-order valence-electron chi connectivity index (χ2n) is 15.1. The van der Waals surface area contributed by atoms with E-state index in [1.165, 1.54) is 18.4 Å². The van der Waals surface area contributed by atoms with Gasteiger partial charge in [-0.3, -0.25) is 4.79 Å². The van der Waals surface area contributed by atoms with E-state index in [0.717, 1.165) is 57.8 Å². The molecule has 0 spiro atoms. The summed E-state index contributed by atoms with van der Waals surface area (Å²) < 4.78 is 0. The van der Waals surface area contributed by atoms with Crippen molar-refractivity contribution >= 4 is 5.97 Å². The van der Waals surface area contributed by atoms with Gasteiger partial charge >= 0.3 is 5.97 Å². The number of rotatable bonds is 4. The van der Waals surface area contributed by atoms with Gasteiger partial charge in [-0.15, -0.1) is 0 Å². The van der Waals surface area contributed by atoms with E-state index >= 15 is 0 Å². The van der Waals surface area contributed by atoms with Crippen molar-refractivity contribution < 1.29 is 15.0 Å². The molecule has 0 heterocycles. The molecule has 6 atom stereocenters. The number of allylic oxidation sites excluding steroid dienone is 2. The van der Waals surface area contributed by atoms with E-state index in [9.17, 15) is 15.0 Å². The van der Waals surface area contributed by atoms with Gasteiger partial charge < -0.3 is 10.2 Å². The number of aliphatic hydroxyl groups excluding tert-OH is 1. The lowest BCUT2D eigenvalue weighted by molar-refractivity contribution is -0.196. The molecule has 194 valence electrons. The molecule has 0 radical (unpaired) electrons. The molecular weight excluding hydrogens is 420 g/mol. The summed E-state index contributed by atoms with van der Waals surface area (Å²) >= 11 is 0. The summed E-state index contributed by atoms with van der Waals surface area (Å²) in [6, 6.07) is 0. The average Bonchev–Trinajstić information content (AvgIpc) is 2.74. The highest BCUT2D eigenvalue weighted by Gasteiger charge is 2.65. The highest BCUT2D eigenvalue weighted by molar-refractivity contribution is 5.74. The molecule has 0 bridgehead atoms. The summed E-state index contributed by atoms with van der Waals surface area (Å²) in [7, 11) is 0. The predicted octanol–water partition coefficient (Wildman–Crippen LogP) is 8.01. The van der Waals surface area contributed by atoms with Gasteiger partial charge in [0.15, 0.2) is 0 Å². The van der Waals surface area contributed by atoms with Crippen molar-refractivity contribution in [3.05, 3.63) is 11.6 Å². The molecule has 3 heteroatoms. The Kier molecular flexibility index (Phi) is 6.24. The van der Waals surface area contributed by atoms with E-state index in [1.807, 2.05) is 0 Å². The number of carbonyl (C=O) groups is 1. The number of fused-ring (bicyclic) bond motifs is 3. The third-order valence-electron chi connectivity index (χ3n) is 12.9. The molecule has 3 fully saturated rings. The number of carboxylic acid groups (broad SMARTS) is 1. The highest BCUT2D eigenvalue weighted by atomic mass is 16.4. The summed E-state index contributed by atoms with van der Waals surface area (Å²) in [5.74, 6) is 0.568. The molecule has 0 aromatic rings. The SMILES string of the molecule is CC1=CCC2C3(C)CCC(O)C(C)(C)C3CCC2(C)C1(C)CCC1(C(=O)O)CCC(C)(C)CC1. The fourth-order valence-electron chi connectivity index (χ4n) is 9.65. The van der Waals surface area contributed by atoms with Crippen molar-refractivity contribution in [3.63, 3.8) is 0 Å².